The molecule has 0 aliphatic heterocycles. The molecule has 0 heterocycles. The van der Waals surface area contributed by atoms with Gasteiger partial charge in [-0.1, -0.05) is 27.7 Å². The largest absolute Gasteiger partial charge is 0.497 e. The Morgan fingerprint density at radius 2 is 1.67 bits per heavy atom. The molecule has 0 fully saturated rings. The van der Waals surface area contributed by atoms with Gasteiger partial charge in [-0.3, -0.25) is 0 Å². The number of hydrogen-bond donors (Lipinski definition) is 1. The first-order chi connectivity index (χ1) is 9.89. The number of ether oxygens (including phenoxy) is 2. The predicted octanol–water partition coefficient (Wildman–Crippen LogP) is 4.28. The van der Waals surface area contributed by atoms with Gasteiger partial charge < -0.3 is 14.8 Å². The zero-order valence-electron chi connectivity index (χ0n) is 14.2. The Balaban J connectivity index is 2.95. The van der Waals surface area contributed by atoms with Crippen LogP contribution < -0.4 is 14.8 Å². The molecule has 0 aromatic heterocycles. The summed E-state index contributed by atoms with van der Waals surface area (Å²) in [7, 11) is 3.38. The molecular formula is C17H29NO2S. The Morgan fingerprint density at radius 1 is 1.10 bits per heavy atom. The fraction of sp³-hybridized carbons (Fsp3) is 0.647. The van der Waals surface area contributed by atoms with E-state index >= 15 is 0 Å². The summed E-state index contributed by atoms with van der Waals surface area (Å²) in [5, 5.41) is 3.63. The molecule has 0 saturated heterocycles. The van der Waals surface area contributed by atoms with E-state index in [1.807, 2.05) is 17.8 Å². The van der Waals surface area contributed by atoms with Crippen LogP contribution in [0, 0.1) is 0 Å². The van der Waals surface area contributed by atoms with Gasteiger partial charge in [0.05, 0.1) is 14.2 Å². The van der Waals surface area contributed by atoms with Crippen molar-refractivity contribution < 1.29 is 9.47 Å². The zero-order chi connectivity index (χ0) is 15.9. The molecule has 0 aliphatic carbocycles. The van der Waals surface area contributed by atoms with E-state index in [2.05, 4.69) is 45.1 Å². The van der Waals surface area contributed by atoms with Crippen molar-refractivity contribution in [3.05, 3.63) is 23.8 Å². The van der Waals surface area contributed by atoms with Crippen molar-refractivity contribution in [2.24, 2.45) is 0 Å². The molecule has 1 aromatic carbocycles. The van der Waals surface area contributed by atoms with Gasteiger partial charge in [-0.15, -0.1) is 0 Å². The van der Waals surface area contributed by atoms with Crippen LogP contribution in [0.1, 0.15) is 45.7 Å². The van der Waals surface area contributed by atoms with E-state index in [4.69, 9.17) is 9.47 Å². The van der Waals surface area contributed by atoms with Crippen molar-refractivity contribution in [3.63, 3.8) is 0 Å². The van der Waals surface area contributed by atoms with Gasteiger partial charge in [-0.05, 0) is 30.7 Å². The average molecular weight is 311 g/mol. The number of nitrogens with one attached hydrogen (secondary N) is 1. The van der Waals surface area contributed by atoms with E-state index in [9.17, 15) is 0 Å². The van der Waals surface area contributed by atoms with Crippen LogP contribution in [0.15, 0.2) is 18.2 Å². The third kappa shape index (κ3) is 6.62. The van der Waals surface area contributed by atoms with E-state index in [1.165, 1.54) is 5.56 Å². The third-order valence-corrected chi connectivity index (χ3v) is 4.47. The molecule has 21 heavy (non-hydrogen) atoms. The number of benzene rings is 1. The van der Waals surface area contributed by atoms with Gasteiger partial charge in [-0.25, -0.2) is 0 Å². The molecule has 120 valence electrons. The van der Waals surface area contributed by atoms with Crippen LogP contribution in [0.25, 0.3) is 0 Å². The summed E-state index contributed by atoms with van der Waals surface area (Å²) >= 11 is 1.97. The van der Waals surface area contributed by atoms with Crippen LogP contribution in [-0.4, -0.2) is 31.3 Å². The molecule has 0 spiro atoms. The summed E-state index contributed by atoms with van der Waals surface area (Å²) in [6, 6.07) is 6.41. The Kier molecular flexibility index (Phi) is 7.40. The second kappa shape index (κ2) is 8.54. The lowest BCUT2D eigenvalue weighted by Crippen LogP contribution is -2.26. The van der Waals surface area contributed by atoms with Crippen LogP contribution in [0.5, 0.6) is 11.5 Å². The maximum atomic E-state index is 5.38. The van der Waals surface area contributed by atoms with Gasteiger partial charge in [0.1, 0.15) is 11.5 Å². The predicted molar refractivity (Wildman–Crippen MR) is 92.8 cm³/mol. The highest BCUT2D eigenvalue weighted by atomic mass is 32.2. The highest BCUT2D eigenvalue weighted by molar-refractivity contribution is 8.00. The lowest BCUT2D eigenvalue weighted by Gasteiger charge is -2.25. The Morgan fingerprint density at radius 3 is 2.10 bits per heavy atom. The minimum atomic E-state index is 0.259. The van der Waals surface area contributed by atoms with E-state index in [-0.39, 0.29) is 4.75 Å². The highest BCUT2D eigenvalue weighted by Gasteiger charge is 2.18. The molecule has 1 unspecified atom stereocenters. The van der Waals surface area contributed by atoms with E-state index in [0.717, 1.165) is 30.2 Å². The minimum absolute atomic E-state index is 0.259. The Labute approximate surface area is 133 Å². The molecule has 4 heteroatoms. The quantitative estimate of drug-likeness (QED) is 0.776. The molecular weight excluding hydrogens is 282 g/mol. The lowest BCUT2D eigenvalue weighted by molar-refractivity contribution is 0.392. The second-order valence-electron chi connectivity index (χ2n) is 6.08. The van der Waals surface area contributed by atoms with Crippen molar-refractivity contribution in [2.45, 2.75) is 44.9 Å². The molecule has 0 amide bonds. The highest BCUT2D eigenvalue weighted by Crippen LogP contribution is 2.32. The van der Waals surface area contributed by atoms with Crippen molar-refractivity contribution in [1.82, 2.24) is 5.32 Å². The van der Waals surface area contributed by atoms with Crippen LogP contribution >= 0.6 is 11.8 Å². The fourth-order valence-electron chi connectivity index (χ4n) is 1.96. The number of hydrogen-bond acceptors (Lipinski definition) is 4. The summed E-state index contributed by atoms with van der Waals surface area (Å²) in [6.07, 6.45) is 1.12. The summed E-state index contributed by atoms with van der Waals surface area (Å²) in [4.78, 5) is 0. The first kappa shape index (κ1) is 18.2. The SMILES string of the molecule is CCCNC(CSC(C)(C)C)c1cc(OC)cc(OC)c1. The van der Waals surface area contributed by atoms with Crippen molar-refractivity contribution >= 4 is 11.8 Å². The van der Waals surface area contributed by atoms with Gasteiger partial charge in [0.25, 0.3) is 0 Å². The van der Waals surface area contributed by atoms with Crippen LogP contribution in [-0.2, 0) is 0 Å². The fourth-order valence-corrected chi connectivity index (χ4v) is 2.93. The van der Waals surface area contributed by atoms with Gasteiger partial charge >= 0.3 is 0 Å². The molecule has 0 bridgehead atoms. The number of methoxy groups -OCH3 is 2. The Bertz CT molecular complexity index is 407. The first-order valence-electron chi connectivity index (χ1n) is 7.50. The van der Waals surface area contributed by atoms with Crippen molar-refractivity contribution in [3.8, 4) is 11.5 Å². The smallest absolute Gasteiger partial charge is 0.122 e. The van der Waals surface area contributed by atoms with Gasteiger partial charge in [0, 0.05) is 22.6 Å². The molecule has 1 aromatic rings. The Hall–Kier alpha value is -0.870. The molecule has 0 saturated carbocycles. The molecule has 1 atom stereocenters. The molecule has 3 nitrogen and oxygen atoms in total. The summed E-state index contributed by atoms with van der Waals surface area (Å²) < 4.78 is 11.0. The minimum Gasteiger partial charge on any atom is -0.497 e. The second-order valence-corrected chi connectivity index (χ2v) is 7.92. The summed E-state index contributed by atoms with van der Waals surface area (Å²) in [6.45, 7) is 9.95. The zero-order valence-corrected chi connectivity index (χ0v) is 15.0. The van der Waals surface area contributed by atoms with E-state index < -0.39 is 0 Å². The standard InChI is InChI=1S/C17H29NO2S/c1-7-8-18-16(12-21-17(2,3)4)13-9-14(19-5)11-15(10-13)20-6/h9-11,16,18H,7-8,12H2,1-6H3. The first-order valence-corrected chi connectivity index (χ1v) is 8.48. The average Bonchev–Trinajstić information content (AvgIpc) is 2.45. The normalized spacial score (nSPS) is 13.0. The topological polar surface area (TPSA) is 30.5 Å². The van der Waals surface area contributed by atoms with Crippen LogP contribution in [0.3, 0.4) is 0 Å². The van der Waals surface area contributed by atoms with E-state index in [0.29, 0.717) is 6.04 Å². The third-order valence-electron chi connectivity index (χ3n) is 3.10. The molecule has 0 aliphatic rings. The number of thioether (sulfide) groups is 1. The summed E-state index contributed by atoms with van der Waals surface area (Å²) in [5.41, 5.74) is 1.22. The molecule has 1 rings (SSSR count). The van der Waals surface area contributed by atoms with Crippen molar-refractivity contribution in [1.29, 1.82) is 0 Å². The van der Waals surface area contributed by atoms with Gasteiger partial charge in [0.15, 0.2) is 0 Å². The van der Waals surface area contributed by atoms with E-state index in [1.54, 1.807) is 14.2 Å². The van der Waals surface area contributed by atoms with Crippen molar-refractivity contribution in [2.75, 3.05) is 26.5 Å². The number of rotatable bonds is 8. The van der Waals surface area contributed by atoms with Crippen LogP contribution in [0.2, 0.25) is 0 Å². The molecule has 0 radical (unpaired) electrons. The van der Waals surface area contributed by atoms with Crippen LogP contribution in [0.4, 0.5) is 0 Å². The monoisotopic (exact) mass is 311 g/mol. The van der Waals surface area contributed by atoms with Gasteiger partial charge in [-0.2, -0.15) is 11.8 Å². The summed E-state index contributed by atoms with van der Waals surface area (Å²) in [5.74, 6) is 2.71. The maximum Gasteiger partial charge on any atom is 0.122 e. The maximum absolute atomic E-state index is 5.38. The van der Waals surface area contributed by atoms with Gasteiger partial charge in [0.2, 0.25) is 0 Å². The lowest BCUT2D eigenvalue weighted by atomic mass is 10.1. The molecule has 1 N–H and O–H groups in total.